The smallest absolute Gasteiger partial charge is 0.229 e. The molecule has 0 aliphatic rings. The number of rotatable bonds is 12. The molecular weight excluding hydrogens is 276 g/mol. The third-order valence-corrected chi connectivity index (χ3v) is 2.49. The highest BCUT2D eigenvalue weighted by molar-refractivity contribution is 5.42. The Labute approximate surface area is 123 Å². The summed E-state index contributed by atoms with van der Waals surface area (Å²) in [6.45, 7) is 1.98. The molecule has 0 fully saturated rings. The van der Waals surface area contributed by atoms with Gasteiger partial charge in [0.1, 0.15) is 0 Å². The molecule has 9 nitrogen and oxygen atoms in total. The Hall–Kier alpha value is -1.71. The van der Waals surface area contributed by atoms with Gasteiger partial charge in [0, 0.05) is 39.5 Å². The van der Waals surface area contributed by atoms with Gasteiger partial charge in [-0.25, -0.2) is 0 Å². The van der Waals surface area contributed by atoms with Crippen LogP contribution in [-0.4, -0.2) is 69.7 Å². The Morgan fingerprint density at radius 3 is 1.10 bits per heavy atom. The first-order chi connectivity index (χ1) is 10.3. The molecule has 1 aromatic rings. The van der Waals surface area contributed by atoms with Crippen LogP contribution in [0.5, 0.6) is 0 Å². The van der Waals surface area contributed by atoms with E-state index in [-0.39, 0.29) is 19.8 Å². The minimum Gasteiger partial charge on any atom is -0.396 e. The van der Waals surface area contributed by atoms with Gasteiger partial charge >= 0.3 is 0 Å². The molecule has 0 atom stereocenters. The highest BCUT2D eigenvalue weighted by Gasteiger charge is 2.05. The molecule has 0 saturated carbocycles. The number of aliphatic hydroxyl groups is 3. The van der Waals surface area contributed by atoms with Crippen molar-refractivity contribution >= 4 is 17.8 Å². The van der Waals surface area contributed by atoms with E-state index in [4.69, 9.17) is 15.3 Å². The number of hydrogen-bond donors (Lipinski definition) is 6. The van der Waals surface area contributed by atoms with Crippen molar-refractivity contribution in [2.24, 2.45) is 0 Å². The van der Waals surface area contributed by atoms with E-state index in [2.05, 4.69) is 30.9 Å². The van der Waals surface area contributed by atoms with Gasteiger partial charge in [0.15, 0.2) is 0 Å². The van der Waals surface area contributed by atoms with Gasteiger partial charge in [-0.15, -0.1) is 0 Å². The Balaban J connectivity index is 2.65. The minimum atomic E-state index is 0.0985. The molecule has 0 aliphatic heterocycles. The van der Waals surface area contributed by atoms with Crippen molar-refractivity contribution in [2.75, 3.05) is 55.4 Å². The third kappa shape index (κ3) is 7.59. The highest BCUT2D eigenvalue weighted by atomic mass is 16.3. The second-order valence-corrected chi connectivity index (χ2v) is 4.32. The first-order valence-electron chi connectivity index (χ1n) is 7.10. The highest BCUT2D eigenvalue weighted by Crippen LogP contribution is 2.09. The van der Waals surface area contributed by atoms with E-state index >= 15 is 0 Å². The van der Waals surface area contributed by atoms with Crippen molar-refractivity contribution in [3.8, 4) is 0 Å². The molecule has 1 rings (SSSR count). The van der Waals surface area contributed by atoms with Crippen molar-refractivity contribution in [3.05, 3.63) is 0 Å². The van der Waals surface area contributed by atoms with Crippen LogP contribution in [0.15, 0.2) is 0 Å². The van der Waals surface area contributed by atoms with Crippen molar-refractivity contribution in [2.45, 2.75) is 19.3 Å². The lowest BCUT2D eigenvalue weighted by molar-refractivity contribution is 0.292. The zero-order valence-electron chi connectivity index (χ0n) is 12.0. The fourth-order valence-corrected chi connectivity index (χ4v) is 1.45. The van der Waals surface area contributed by atoms with Gasteiger partial charge in [-0.1, -0.05) is 0 Å². The standard InChI is InChI=1S/C12H24N6O3/c19-7-1-4-13-10-16-11(14-5-2-8-20)18-12(17-10)15-6-3-9-21/h19-21H,1-9H2,(H3,13,14,15,16,17,18). The van der Waals surface area contributed by atoms with Crippen LogP contribution in [0.3, 0.4) is 0 Å². The van der Waals surface area contributed by atoms with E-state index in [0.717, 1.165) is 0 Å². The molecule has 1 aromatic heterocycles. The van der Waals surface area contributed by atoms with Crippen LogP contribution in [-0.2, 0) is 0 Å². The average Bonchev–Trinajstić information content (AvgIpc) is 2.48. The molecule has 0 aliphatic carbocycles. The lowest BCUT2D eigenvalue weighted by atomic mass is 10.4. The average molecular weight is 300 g/mol. The number of nitrogens with one attached hydrogen (secondary N) is 3. The Morgan fingerprint density at radius 2 is 0.857 bits per heavy atom. The summed E-state index contributed by atoms with van der Waals surface area (Å²) in [5.41, 5.74) is 0. The summed E-state index contributed by atoms with van der Waals surface area (Å²) < 4.78 is 0. The third-order valence-electron chi connectivity index (χ3n) is 2.49. The second-order valence-electron chi connectivity index (χ2n) is 4.32. The molecule has 6 N–H and O–H groups in total. The normalized spacial score (nSPS) is 10.4. The van der Waals surface area contributed by atoms with Crippen LogP contribution in [0.1, 0.15) is 19.3 Å². The minimum absolute atomic E-state index is 0.0985. The van der Waals surface area contributed by atoms with Crippen LogP contribution in [0.25, 0.3) is 0 Å². The first-order valence-corrected chi connectivity index (χ1v) is 7.10. The monoisotopic (exact) mass is 300 g/mol. The van der Waals surface area contributed by atoms with E-state index in [9.17, 15) is 0 Å². The van der Waals surface area contributed by atoms with E-state index in [1.807, 2.05) is 0 Å². The topological polar surface area (TPSA) is 135 Å². The number of nitrogens with zero attached hydrogens (tertiary/aromatic N) is 3. The summed E-state index contributed by atoms with van der Waals surface area (Å²) in [4.78, 5) is 12.6. The van der Waals surface area contributed by atoms with Crippen molar-refractivity contribution < 1.29 is 15.3 Å². The van der Waals surface area contributed by atoms with E-state index < -0.39 is 0 Å². The summed E-state index contributed by atoms with van der Waals surface area (Å²) in [6.07, 6.45) is 1.81. The van der Waals surface area contributed by atoms with Gasteiger partial charge in [-0.2, -0.15) is 15.0 Å². The molecular formula is C12H24N6O3. The largest absolute Gasteiger partial charge is 0.396 e. The summed E-state index contributed by atoms with van der Waals surface area (Å²) in [5.74, 6) is 1.24. The van der Waals surface area contributed by atoms with E-state index in [1.54, 1.807) is 0 Å². The van der Waals surface area contributed by atoms with Gasteiger partial charge in [0.25, 0.3) is 0 Å². The van der Waals surface area contributed by atoms with Crippen LogP contribution in [0, 0.1) is 0 Å². The second kappa shape index (κ2) is 11.0. The molecule has 0 unspecified atom stereocenters. The van der Waals surface area contributed by atoms with Crippen LogP contribution < -0.4 is 16.0 Å². The van der Waals surface area contributed by atoms with Crippen molar-refractivity contribution in [3.63, 3.8) is 0 Å². The summed E-state index contributed by atoms with van der Waals surface area (Å²) in [6, 6.07) is 0. The first kappa shape index (κ1) is 17.3. The predicted octanol–water partition coefficient (Wildman–Crippen LogP) is -0.745. The molecule has 0 saturated heterocycles. The number of aliphatic hydroxyl groups excluding tert-OH is 3. The fraction of sp³-hybridized carbons (Fsp3) is 0.750. The maximum atomic E-state index is 8.77. The SMILES string of the molecule is OCCCNc1nc(NCCCO)nc(NCCCO)n1. The zero-order valence-corrected chi connectivity index (χ0v) is 12.0. The summed E-state index contributed by atoms with van der Waals surface area (Å²) in [7, 11) is 0. The molecule has 0 amide bonds. The van der Waals surface area contributed by atoms with Gasteiger partial charge in [0.05, 0.1) is 0 Å². The van der Waals surface area contributed by atoms with E-state index in [1.165, 1.54) is 0 Å². The molecule has 120 valence electrons. The summed E-state index contributed by atoms with van der Waals surface area (Å²) in [5, 5.41) is 35.3. The molecule has 1 heterocycles. The predicted molar refractivity (Wildman–Crippen MR) is 80.4 cm³/mol. The van der Waals surface area contributed by atoms with Crippen molar-refractivity contribution in [1.82, 2.24) is 15.0 Å². The van der Waals surface area contributed by atoms with Gasteiger partial charge in [-0.3, -0.25) is 0 Å². The molecule has 21 heavy (non-hydrogen) atoms. The van der Waals surface area contributed by atoms with Gasteiger partial charge < -0.3 is 31.3 Å². The van der Waals surface area contributed by atoms with Crippen LogP contribution in [0.2, 0.25) is 0 Å². The Morgan fingerprint density at radius 1 is 0.571 bits per heavy atom. The molecule has 0 radical (unpaired) electrons. The van der Waals surface area contributed by atoms with Crippen LogP contribution in [0.4, 0.5) is 17.8 Å². The zero-order chi connectivity index (χ0) is 15.3. The Kier molecular flexibility index (Phi) is 9.09. The Bertz CT molecular complexity index is 324. The molecule has 0 bridgehead atoms. The number of hydrogen-bond acceptors (Lipinski definition) is 9. The quantitative estimate of drug-likeness (QED) is 0.276. The van der Waals surface area contributed by atoms with Gasteiger partial charge in [-0.05, 0) is 19.3 Å². The number of aromatic nitrogens is 3. The van der Waals surface area contributed by atoms with E-state index in [0.29, 0.717) is 56.7 Å². The summed E-state index contributed by atoms with van der Waals surface area (Å²) >= 11 is 0. The van der Waals surface area contributed by atoms with Crippen LogP contribution >= 0.6 is 0 Å². The maximum absolute atomic E-state index is 8.77. The number of anilines is 3. The van der Waals surface area contributed by atoms with Crippen molar-refractivity contribution in [1.29, 1.82) is 0 Å². The molecule has 0 aromatic carbocycles. The fourth-order valence-electron chi connectivity index (χ4n) is 1.45. The lowest BCUT2D eigenvalue weighted by Crippen LogP contribution is -2.15. The maximum Gasteiger partial charge on any atom is 0.229 e. The van der Waals surface area contributed by atoms with Gasteiger partial charge in [0.2, 0.25) is 17.8 Å². The lowest BCUT2D eigenvalue weighted by Gasteiger charge is -2.10. The molecule has 9 heteroatoms. The molecule has 0 spiro atoms.